The van der Waals surface area contributed by atoms with E-state index in [2.05, 4.69) is 26.1 Å². The van der Waals surface area contributed by atoms with Crippen LogP contribution in [-0.4, -0.2) is 17.3 Å². The lowest BCUT2D eigenvalue weighted by Gasteiger charge is -2.05. The molecule has 17 heavy (non-hydrogen) atoms. The fraction of sp³-hybridized carbons (Fsp3) is 0.167. The van der Waals surface area contributed by atoms with Gasteiger partial charge in [-0.1, -0.05) is 45.7 Å². The molecule has 0 saturated heterocycles. The molecule has 1 aromatic carbocycles. The van der Waals surface area contributed by atoms with E-state index in [-0.39, 0.29) is 0 Å². The predicted molar refractivity (Wildman–Crippen MR) is 70.5 cm³/mol. The number of hydrogen-bond donors (Lipinski definition) is 0. The Kier molecular flexibility index (Phi) is 3.97. The Morgan fingerprint density at radius 1 is 1.29 bits per heavy atom. The Hall–Kier alpha value is -1.13. The van der Waals surface area contributed by atoms with Crippen molar-refractivity contribution in [2.75, 3.05) is 7.11 Å². The van der Waals surface area contributed by atoms with Crippen LogP contribution in [0.2, 0.25) is 5.02 Å². The van der Waals surface area contributed by atoms with Gasteiger partial charge in [-0.3, -0.25) is 0 Å². The highest BCUT2D eigenvalue weighted by molar-refractivity contribution is 9.10. The van der Waals surface area contributed by atoms with E-state index in [0.29, 0.717) is 17.3 Å². The molecule has 5 heteroatoms. The molecule has 0 spiro atoms. The number of nitrogens with zero attached hydrogens (tertiary/aromatic N) is 2. The number of hydrogen-bond acceptors (Lipinski definition) is 3. The smallest absolute Gasteiger partial charge is 0.252 e. The summed E-state index contributed by atoms with van der Waals surface area (Å²) in [6.07, 6.45) is 0.679. The van der Waals surface area contributed by atoms with Gasteiger partial charge in [0.05, 0.1) is 12.8 Å². The molecule has 0 bridgehead atoms. The molecule has 0 aliphatic heterocycles. The topological polar surface area (TPSA) is 35.0 Å². The van der Waals surface area contributed by atoms with Gasteiger partial charge in [0, 0.05) is 10.9 Å². The van der Waals surface area contributed by atoms with Gasteiger partial charge >= 0.3 is 0 Å². The summed E-state index contributed by atoms with van der Waals surface area (Å²) < 4.78 is 6.01. The molecule has 0 amide bonds. The van der Waals surface area contributed by atoms with Crippen molar-refractivity contribution in [2.24, 2.45) is 0 Å². The molecule has 88 valence electrons. The van der Waals surface area contributed by atoms with Crippen LogP contribution in [0.1, 0.15) is 11.3 Å². The van der Waals surface area contributed by atoms with Crippen LogP contribution in [0.4, 0.5) is 0 Å². The summed E-state index contributed by atoms with van der Waals surface area (Å²) in [5.41, 5.74) is 1.95. The van der Waals surface area contributed by atoms with Gasteiger partial charge in [0.25, 0.3) is 5.88 Å². The molecule has 3 nitrogen and oxygen atoms in total. The lowest BCUT2D eigenvalue weighted by atomic mass is 10.1. The zero-order valence-corrected chi connectivity index (χ0v) is 11.5. The van der Waals surface area contributed by atoms with Gasteiger partial charge in [-0.05, 0) is 17.7 Å². The molecule has 0 radical (unpaired) electrons. The second-order valence-electron chi connectivity index (χ2n) is 3.46. The van der Waals surface area contributed by atoms with Crippen LogP contribution in [0.3, 0.4) is 0 Å². The van der Waals surface area contributed by atoms with Gasteiger partial charge in [-0.2, -0.15) is 5.10 Å². The molecule has 2 aromatic rings. The first-order chi connectivity index (χ1) is 8.20. The molecular formula is C12H10BrClN2O. The first kappa shape index (κ1) is 12.3. The quantitative estimate of drug-likeness (QED) is 0.870. The maximum atomic E-state index is 6.00. The largest absolute Gasteiger partial charge is 0.479 e. The number of halogens is 2. The predicted octanol–water partition coefficient (Wildman–Crippen LogP) is 3.49. The number of methoxy groups -OCH3 is 1. The van der Waals surface area contributed by atoms with Crippen molar-refractivity contribution in [1.29, 1.82) is 0 Å². The van der Waals surface area contributed by atoms with Gasteiger partial charge in [0.1, 0.15) is 5.02 Å². The van der Waals surface area contributed by atoms with Gasteiger partial charge in [0.2, 0.25) is 0 Å². The van der Waals surface area contributed by atoms with E-state index < -0.39 is 0 Å². The Labute approximate surface area is 113 Å². The molecule has 0 fully saturated rings. The molecule has 0 aliphatic carbocycles. The van der Waals surface area contributed by atoms with E-state index in [1.54, 1.807) is 6.07 Å². The van der Waals surface area contributed by atoms with Crippen molar-refractivity contribution in [1.82, 2.24) is 10.2 Å². The van der Waals surface area contributed by atoms with Gasteiger partial charge in [-0.15, -0.1) is 5.10 Å². The number of ether oxygens (including phenoxy) is 1. The zero-order valence-electron chi connectivity index (χ0n) is 9.15. The first-order valence-corrected chi connectivity index (χ1v) is 6.17. The maximum Gasteiger partial charge on any atom is 0.252 e. The van der Waals surface area contributed by atoms with Crippen LogP contribution >= 0.6 is 27.5 Å². The minimum absolute atomic E-state index is 0.350. The molecule has 2 rings (SSSR count). The third-order valence-electron chi connectivity index (χ3n) is 2.29. The average molecular weight is 314 g/mol. The van der Waals surface area contributed by atoms with Crippen LogP contribution < -0.4 is 4.74 Å². The SMILES string of the molecule is COc1nnc(Cc2ccccc2Br)cc1Cl. The van der Waals surface area contributed by atoms with E-state index in [1.807, 2.05) is 24.3 Å². The van der Waals surface area contributed by atoms with E-state index in [1.165, 1.54) is 7.11 Å². The van der Waals surface area contributed by atoms with E-state index in [0.717, 1.165) is 15.7 Å². The minimum atomic E-state index is 0.350. The highest BCUT2D eigenvalue weighted by Crippen LogP contribution is 2.23. The number of rotatable bonds is 3. The molecule has 0 saturated carbocycles. The summed E-state index contributed by atoms with van der Waals surface area (Å²) in [5.74, 6) is 0.350. The molecule has 1 aromatic heterocycles. The lowest BCUT2D eigenvalue weighted by Crippen LogP contribution is -1.98. The van der Waals surface area contributed by atoms with Gasteiger partial charge < -0.3 is 4.74 Å². The summed E-state index contributed by atoms with van der Waals surface area (Å²) in [4.78, 5) is 0. The second kappa shape index (κ2) is 5.47. The third kappa shape index (κ3) is 2.96. The van der Waals surface area contributed by atoms with E-state index in [9.17, 15) is 0 Å². The molecule has 0 N–H and O–H groups in total. The van der Waals surface area contributed by atoms with Crippen LogP contribution in [0.15, 0.2) is 34.8 Å². The molecule has 1 heterocycles. The van der Waals surface area contributed by atoms with Crippen molar-refractivity contribution in [3.63, 3.8) is 0 Å². The van der Waals surface area contributed by atoms with Crippen LogP contribution in [0.25, 0.3) is 0 Å². The fourth-order valence-corrected chi connectivity index (χ4v) is 2.12. The Balaban J connectivity index is 2.25. The van der Waals surface area contributed by atoms with Crippen molar-refractivity contribution in [3.05, 3.63) is 51.1 Å². The Bertz CT molecular complexity index is 534. The van der Waals surface area contributed by atoms with Crippen molar-refractivity contribution in [2.45, 2.75) is 6.42 Å². The van der Waals surface area contributed by atoms with Crippen LogP contribution in [0, 0.1) is 0 Å². The Morgan fingerprint density at radius 2 is 2.06 bits per heavy atom. The minimum Gasteiger partial charge on any atom is -0.479 e. The van der Waals surface area contributed by atoms with E-state index >= 15 is 0 Å². The van der Waals surface area contributed by atoms with Gasteiger partial charge in [0.15, 0.2) is 0 Å². The van der Waals surface area contributed by atoms with Crippen molar-refractivity contribution < 1.29 is 4.74 Å². The first-order valence-electron chi connectivity index (χ1n) is 5.00. The maximum absolute atomic E-state index is 6.00. The summed E-state index contributed by atoms with van der Waals surface area (Å²) in [6, 6.07) is 9.75. The summed E-state index contributed by atoms with van der Waals surface area (Å²) in [7, 11) is 1.52. The monoisotopic (exact) mass is 312 g/mol. The fourth-order valence-electron chi connectivity index (χ4n) is 1.46. The summed E-state index contributed by atoms with van der Waals surface area (Å²) in [5, 5.41) is 8.45. The number of aromatic nitrogens is 2. The van der Waals surface area contributed by atoms with E-state index in [4.69, 9.17) is 16.3 Å². The highest BCUT2D eigenvalue weighted by Gasteiger charge is 2.07. The summed E-state index contributed by atoms with van der Waals surface area (Å²) >= 11 is 9.49. The molecule has 0 aliphatic rings. The van der Waals surface area contributed by atoms with Gasteiger partial charge in [-0.25, -0.2) is 0 Å². The second-order valence-corrected chi connectivity index (χ2v) is 4.72. The van der Waals surface area contributed by atoms with Crippen LogP contribution in [-0.2, 0) is 6.42 Å². The average Bonchev–Trinajstić information content (AvgIpc) is 2.32. The lowest BCUT2D eigenvalue weighted by molar-refractivity contribution is 0.391. The molecular weight excluding hydrogens is 304 g/mol. The van der Waals surface area contributed by atoms with Crippen LogP contribution in [0.5, 0.6) is 5.88 Å². The third-order valence-corrected chi connectivity index (χ3v) is 3.33. The van der Waals surface area contributed by atoms with Crippen molar-refractivity contribution >= 4 is 27.5 Å². The standard InChI is InChI=1S/C12H10BrClN2O/c1-17-12-11(14)7-9(15-16-12)6-8-4-2-3-5-10(8)13/h2-5,7H,6H2,1H3. The summed E-state index contributed by atoms with van der Waals surface area (Å²) in [6.45, 7) is 0. The molecule has 0 unspecified atom stereocenters. The number of benzene rings is 1. The highest BCUT2D eigenvalue weighted by atomic mass is 79.9. The zero-order chi connectivity index (χ0) is 12.3. The normalized spacial score (nSPS) is 10.3. The molecule has 0 atom stereocenters. The Morgan fingerprint density at radius 3 is 2.71 bits per heavy atom. The van der Waals surface area contributed by atoms with Crippen molar-refractivity contribution in [3.8, 4) is 5.88 Å².